The van der Waals surface area contributed by atoms with E-state index in [4.69, 9.17) is 4.74 Å². The third-order valence-corrected chi connectivity index (χ3v) is 6.61. The fourth-order valence-corrected chi connectivity index (χ4v) is 4.82. The van der Waals surface area contributed by atoms with E-state index in [0.717, 1.165) is 57.1 Å². The highest BCUT2D eigenvalue weighted by atomic mass is 16.5. The lowest BCUT2D eigenvalue weighted by atomic mass is 10.1. The molecule has 0 radical (unpaired) electrons. The monoisotopic (exact) mass is 395 g/mol. The smallest absolute Gasteiger partial charge is 0.284 e. The second-order valence-corrected chi connectivity index (χ2v) is 8.49. The number of methoxy groups -OCH3 is 1. The Morgan fingerprint density at radius 3 is 2.66 bits per heavy atom. The number of carbonyl (C=O) groups is 1. The summed E-state index contributed by atoms with van der Waals surface area (Å²) >= 11 is 0. The summed E-state index contributed by atoms with van der Waals surface area (Å²) in [5.41, 5.74) is 4.96. The number of piperazine rings is 1. The van der Waals surface area contributed by atoms with Gasteiger partial charge in [0.15, 0.2) is 6.04 Å². The maximum atomic E-state index is 13.2. The van der Waals surface area contributed by atoms with Crippen molar-refractivity contribution in [1.82, 2.24) is 0 Å². The summed E-state index contributed by atoms with van der Waals surface area (Å²) in [7, 11) is 1.75. The number of para-hydroxylation sites is 1. The number of quaternary nitrogens is 2. The normalized spacial score (nSPS) is 22.2. The quantitative estimate of drug-likeness (QED) is 0.763. The fourth-order valence-electron chi connectivity index (χ4n) is 4.82. The molecule has 5 nitrogen and oxygen atoms in total. The summed E-state index contributed by atoms with van der Waals surface area (Å²) in [6.07, 6.45) is 0.972. The zero-order valence-corrected chi connectivity index (χ0v) is 17.8. The van der Waals surface area contributed by atoms with Gasteiger partial charge >= 0.3 is 0 Å². The predicted molar refractivity (Wildman–Crippen MR) is 115 cm³/mol. The third kappa shape index (κ3) is 4.16. The fraction of sp³-hybridized carbons (Fsp3) is 0.458. The molecule has 2 N–H and O–H groups in total. The van der Waals surface area contributed by atoms with Crippen LogP contribution in [0, 0.1) is 6.92 Å². The van der Waals surface area contributed by atoms with Crippen molar-refractivity contribution in [2.24, 2.45) is 0 Å². The maximum absolute atomic E-state index is 13.2. The van der Waals surface area contributed by atoms with Gasteiger partial charge in [0.25, 0.3) is 5.91 Å². The van der Waals surface area contributed by atoms with Crippen LogP contribution >= 0.6 is 0 Å². The highest BCUT2D eigenvalue weighted by molar-refractivity contribution is 5.97. The van der Waals surface area contributed by atoms with Crippen molar-refractivity contribution in [2.45, 2.75) is 32.9 Å². The summed E-state index contributed by atoms with van der Waals surface area (Å²) in [6, 6.07) is 14.7. The third-order valence-electron chi connectivity index (χ3n) is 6.61. The lowest BCUT2D eigenvalue weighted by Crippen LogP contribution is -3.29. The van der Waals surface area contributed by atoms with Crippen molar-refractivity contribution in [3.05, 3.63) is 59.2 Å². The van der Waals surface area contributed by atoms with E-state index in [9.17, 15) is 4.79 Å². The number of carbonyl (C=O) groups excluding carboxylic acids is 1. The minimum atomic E-state index is 0.0104. The number of benzene rings is 2. The van der Waals surface area contributed by atoms with Gasteiger partial charge in [-0.3, -0.25) is 4.79 Å². The summed E-state index contributed by atoms with van der Waals surface area (Å²) in [4.78, 5) is 18.2. The van der Waals surface area contributed by atoms with E-state index in [1.807, 2.05) is 11.0 Å². The summed E-state index contributed by atoms with van der Waals surface area (Å²) in [5.74, 6) is 1.25. The van der Waals surface area contributed by atoms with Crippen LogP contribution in [-0.4, -0.2) is 51.8 Å². The first-order valence-corrected chi connectivity index (χ1v) is 10.8. The number of ether oxygens (including phenoxy) is 1. The van der Waals surface area contributed by atoms with E-state index >= 15 is 0 Å². The molecule has 2 heterocycles. The van der Waals surface area contributed by atoms with Crippen LogP contribution in [0.2, 0.25) is 0 Å². The first-order chi connectivity index (χ1) is 14.1. The van der Waals surface area contributed by atoms with Crippen LogP contribution in [0.4, 0.5) is 5.69 Å². The van der Waals surface area contributed by atoms with Crippen molar-refractivity contribution in [2.75, 3.05) is 44.7 Å². The molecule has 2 aliphatic rings. The van der Waals surface area contributed by atoms with Gasteiger partial charge in [-0.1, -0.05) is 29.8 Å². The van der Waals surface area contributed by atoms with Gasteiger partial charge in [0.2, 0.25) is 0 Å². The topological polar surface area (TPSA) is 38.4 Å². The largest absolute Gasteiger partial charge is 0.496 e. The standard InChI is InChI=1S/C24H31N3O2/c1-18-8-9-23(29-3)21(16-18)17-25-12-14-26(15-13-25)19(2)24(28)27-11-10-20-6-4-5-7-22(20)27/h4-9,16,19H,10-15,17H2,1-3H3/p+2/t19-/m1/s1. The van der Waals surface area contributed by atoms with Crippen LogP contribution in [0.15, 0.2) is 42.5 Å². The molecule has 1 amide bonds. The molecular formula is C24H33N3O2+2. The van der Waals surface area contributed by atoms with Crippen LogP contribution < -0.4 is 19.4 Å². The van der Waals surface area contributed by atoms with Crippen LogP contribution in [0.5, 0.6) is 5.75 Å². The number of anilines is 1. The lowest BCUT2D eigenvalue weighted by molar-refractivity contribution is -1.02. The Labute approximate surface area is 173 Å². The van der Waals surface area contributed by atoms with E-state index in [0.29, 0.717) is 0 Å². The number of aryl methyl sites for hydroxylation is 1. The number of nitrogens with zero attached hydrogens (tertiary/aromatic N) is 1. The average molecular weight is 396 g/mol. The van der Waals surface area contributed by atoms with Crippen LogP contribution in [0.1, 0.15) is 23.6 Å². The molecule has 5 heteroatoms. The molecule has 2 aromatic carbocycles. The molecule has 1 saturated heterocycles. The van der Waals surface area contributed by atoms with Crippen molar-refractivity contribution < 1.29 is 19.3 Å². The molecule has 2 aromatic rings. The molecule has 1 fully saturated rings. The molecule has 2 aliphatic heterocycles. The summed E-state index contributed by atoms with van der Waals surface area (Å²) in [6.45, 7) is 10.3. The van der Waals surface area contributed by atoms with Gasteiger partial charge in [-0.2, -0.15) is 0 Å². The molecule has 0 bridgehead atoms. The van der Waals surface area contributed by atoms with Crippen molar-refractivity contribution in [1.29, 1.82) is 0 Å². The number of fused-ring (bicyclic) bond motifs is 1. The number of amides is 1. The zero-order chi connectivity index (χ0) is 20.4. The van der Waals surface area contributed by atoms with E-state index in [1.54, 1.807) is 12.0 Å². The molecule has 0 spiro atoms. The SMILES string of the molecule is COc1ccc(C)cc1C[NH+]1CC[NH+]([C@H](C)C(=O)N2CCc3ccccc32)CC1. The molecule has 0 aliphatic carbocycles. The second kappa shape index (κ2) is 8.56. The van der Waals surface area contributed by atoms with Crippen LogP contribution in [0.25, 0.3) is 0 Å². The van der Waals surface area contributed by atoms with Gasteiger partial charge in [0.05, 0.1) is 7.11 Å². The summed E-state index contributed by atoms with van der Waals surface area (Å²) in [5, 5.41) is 0. The Morgan fingerprint density at radius 2 is 1.90 bits per heavy atom. The van der Waals surface area contributed by atoms with Gasteiger partial charge < -0.3 is 19.4 Å². The molecule has 0 saturated carbocycles. The minimum absolute atomic E-state index is 0.0104. The average Bonchev–Trinajstić information content (AvgIpc) is 3.17. The number of hydrogen-bond donors (Lipinski definition) is 2. The van der Waals surface area contributed by atoms with E-state index in [1.165, 1.54) is 21.6 Å². The van der Waals surface area contributed by atoms with Crippen molar-refractivity contribution >= 4 is 11.6 Å². The number of nitrogens with one attached hydrogen (secondary N) is 2. The van der Waals surface area contributed by atoms with E-state index < -0.39 is 0 Å². The maximum Gasteiger partial charge on any atom is 0.284 e. The molecule has 154 valence electrons. The predicted octanol–water partition coefficient (Wildman–Crippen LogP) is 0.265. The van der Waals surface area contributed by atoms with Crippen LogP contribution in [0.3, 0.4) is 0 Å². The Morgan fingerprint density at radius 1 is 1.14 bits per heavy atom. The molecular weight excluding hydrogens is 362 g/mol. The van der Waals surface area contributed by atoms with Gasteiger partial charge in [-0.25, -0.2) is 0 Å². The Hall–Kier alpha value is -2.37. The first-order valence-electron chi connectivity index (χ1n) is 10.8. The molecule has 29 heavy (non-hydrogen) atoms. The Kier molecular flexibility index (Phi) is 5.88. The molecule has 1 atom stereocenters. The number of rotatable bonds is 5. The molecule has 0 unspecified atom stereocenters. The van der Waals surface area contributed by atoms with Gasteiger partial charge in [0, 0.05) is 17.8 Å². The van der Waals surface area contributed by atoms with Gasteiger partial charge in [0.1, 0.15) is 38.5 Å². The highest BCUT2D eigenvalue weighted by Crippen LogP contribution is 2.27. The van der Waals surface area contributed by atoms with Gasteiger partial charge in [-0.15, -0.1) is 0 Å². The van der Waals surface area contributed by atoms with E-state index in [2.05, 4.69) is 50.2 Å². The minimum Gasteiger partial charge on any atom is -0.496 e. The van der Waals surface area contributed by atoms with Crippen molar-refractivity contribution in [3.8, 4) is 5.75 Å². The zero-order valence-electron chi connectivity index (χ0n) is 17.8. The van der Waals surface area contributed by atoms with Crippen LogP contribution in [-0.2, 0) is 17.8 Å². The molecule has 0 aromatic heterocycles. The lowest BCUT2D eigenvalue weighted by Gasteiger charge is -2.34. The Balaban J connectivity index is 1.35. The first kappa shape index (κ1) is 19.9. The molecule has 4 rings (SSSR count). The van der Waals surface area contributed by atoms with Gasteiger partial charge in [-0.05, 0) is 44.0 Å². The summed E-state index contributed by atoms with van der Waals surface area (Å²) < 4.78 is 5.55. The number of hydrogen-bond acceptors (Lipinski definition) is 2. The Bertz CT molecular complexity index is 874. The highest BCUT2D eigenvalue weighted by Gasteiger charge is 2.36. The second-order valence-electron chi connectivity index (χ2n) is 8.49. The van der Waals surface area contributed by atoms with Crippen molar-refractivity contribution in [3.63, 3.8) is 0 Å². The van der Waals surface area contributed by atoms with E-state index in [-0.39, 0.29) is 11.9 Å².